The summed E-state index contributed by atoms with van der Waals surface area (Å²) < 4.78 is 15.5. The fourth-order valence-electron chi connectivity index (χ4n) is 1.89. The van der Waals surface area contributed by atoms with E-state index in [-0.39, 0.29) is 6.10 Å². The van der Waals surface area contributed by atoms with Gasteiger partial charge in [-0.05, 0) is 25.0 Å². The number of hydrogen-bond acceptors (Lipinski definition) is 5. The third-order valence-electron chi connectivity index (χ3n) is 2.99. The summed E-state index contributed by atoms with van der Waals surface area (Å²) in [5, 5.41) is 2.55. The SMILES string of the molecule is COC(=O)c1cc2c(c(OC3CC3)c1)OC(=O)NC2. The summed E-state index contributed by atoms with van der Waals surface area (Å²) in [4.78, 5) is 22.9. The minimum absolute atomic E-state index is 0.144. The van der Waals surface area contributed by atoms with E-state index in [0.717, 1.165) is 12.8 Å². The molecule has 1 aromatic carbocycles. The Morgan fingerprint density at radius 3 is 2.89 bits per heavy atom. The van der Waals surface area contributed by atoms with Crippen LogP contribution in [0.4, 0.5) is 4.79 Å². The Kier molecular flexibility index (Phi) is 2.77. The summed E-state index contributed by atoms with van der Waals surface area (Å²) in [5.74, 6) is 0.374. The molecule has 1 aromatic rings. The molecule has 1 N–H and O–H groups in total. The molecular formula is C13H13NO5. The first kappa shape index (κ1) is 11.8. The molecule has 0 atom stereocenters. The first-order valence-electron chi connectivity index (χ1n) is 6.05. The van der Waals surface area contributed by atoms with Gasteiger partial charge in [-0.3, -0.25) is 0 Å². The van der Waals surface area contributed by atoms with Gasteiger partial charge in [-0.15, -0.1) is 0 Å². The average Bonchev–Trinajstić information content (AvgIpc) is 3.22. The number of nitrogens with one attached hydrogen (secondary N) is 1. The summed E-state index contributed by atoms with van der Waals surface area (Å²) in [7, 11) is 1.32. The Balaban J connectivity index is 2.02. The predicted octanol–water partition coefficient (Wildman–Crippen LogP) is 1.62. The molecule has 1 saturated carbocycles. The van der Waals surface area contributed by atoms with Gasteiger partial charge in [0.05, 0.1) is 18.8 Å². The Morgan fingerprint density at radius 2 is 2.21 bits per heavy atom. The normalized spacial score (nSPS) is 17.0. The van der Waals surface area contributed by atoms with Crippen molar-refractivity contribution in [3.05, 3.63) is 23.3 Å². The first-order chi connectivity index (χ1) is 9.17. The van der Waals surface area contributed by atoms with E-state index in [1.165, 1.54) is 7.11 Å². The predicted molar refractivity (Wildman–Crippen MR) is 64.3 cm³/mol. The standard InChI is InChI=1S/C13H13NO5/c1-17-12(15)7-4-8-6-14-13(16)19-11(8)10(5-7)18-9-2-3-9/h4-5,9H,2-3,6H2,1H3,(H,14,16). The number of carbonyl (C=O) groups is 2. The van der Waals surface area contributed by atoms with Crippen molar-refractivity contribution in [3.8, 4) is 11.5 Å². The van der Waals surface area contributed by atoms with E-state index in [9.17, 15) is 9.59 Å². The molecule has 0 aromatic heterocycles. The topological polar surface area (TPSA) is 73.9 Å². The van der Waals surface area contributed by atoms with Crippen LogP contribution >= 0.6 is 0 Å². The van der Waals surface area contributed by atoms with Crippen molar-refractivity contribution in [1.29, 1.82) is 0 Å². The Morgan fingerprint density at radius 1 is 1.42 bits per heavy atom. The number of hydrogen-bond donors (Lipinski definition) is 1. The zero-order valence-corrected chi connectivity index (χ0v) is 10.4. The number of fused-ring (bicyclic) bond motifs is 1. The lowest BCUT2D eigenvalue weighted by Gasteiger charge is -2.20. The van der Waals surface area contributed by atoms with Crippen LogP contribution in [0.25, 0.3) is 0 Å². The van der Waals surface area contributed by atoms with Crippen LogP contribution in [0.15, 0.2) is 12.1 Å². The van der Waals surface area contributed by atoms with E-state index in [4.69, 9.17) is 14.2 Å². The Hall–Kier alpha value is -2.24. The summed E-state index contributed by atoms with van der Waals surface area (Å²) in [6, 6.07) is 3.20. The van der Waals surface area contributed by atoms with Crippen LogP contribution in [0, 0.1) is 0 Å². The quantitative estimate of drug-likeness (QED) is 0.839. The second-order valence-corrected chi connectivity index (χ2v) is 4.51. The van der Waals surface area contributed by atoms with Crippen molar-refractivity contribution in [2.75, 3.05) is 7.11 Å². The molecule has 2 aliphatic rings. The molecule has 6 nitrogen and oxygen atoms in total. The van der Waals surface area contributed by atoms with E-state index in [1.807, 2.05) is 0 Å². The molecule has 0 spiro atoms. The van der Waals surface area contributed by atoms with Crippen molar-refractivity contribution >= 4 is 12.1 Å². The average molecular weight is 263 g/mol. The monoisotopic (exact) mass is 263 g/mol. The number of methoxy groups -OCH3 is 1. The lowest BCUT2D eigenvalue weighted by atomic mass is 10.1. The minimum atomic E-state index is -0.515. The zero-order valence-electron chi connectivity index (χ0n) is 10.4. The molecule has 3 rings (SSSR count). The third kappa shape index (κ3) is 2.33. The summed E-state index contributed by atoms with van der Waals surface area (Å²) >= 11 is 0. The van der Waals surface area contributed by atoms with Crippen LogP contribution in [0.3, 0.4) is 0 Å². The number of benzene rings is 1. The molecule has 1 aliphatic carbocycles. The largest absolute Gasteiger partial charge is 0.486 e. The highest BCUT2D eigenvalue weighted by atomic mass is 16.6. The number of carbonyl (C=O) groups excluding carboxylic acids is 2. The molecule has 1 heterocycles. The summed E-state index contributed by atoms with van der Waals surface area (Å²) in [5.41, 5.74) is 1.09. The molecule has 100 valence electrons. The molecule has 1 fully saturated rings. The number of ether oxygens (including phenoxy) is 3. The van der Waals surface area contributed by atoms with E-state index >= 15 is 0 Å². The van der Waals surface area contributed by atoms with Crippen LogP contribution in [0.2, 0.25) is 0 Å². The maximum atomic E-state index is 11.6. The third-order valence-corrected chi connectivity index (χ3v) is 2.99. The maximum absolute atomic E-state index is 11.6. The first-order valence-corrected chi connectivity index (χ1v) is 6.05. The molecule has 0 bridgehead atoms. The summed E-state index contributed by atoms with van der Waals surface area (Å²) in [6.45, 7) is 0.306. The Labute approximate surface area is 109 Å². The maximum Gasteiger partial charge on any atom is 0.413 e. The lowest BCUT2D eigenvalue weighted by molar-refractivity contribution is 0.0600. The van der Waals surface area contributed by atoms with Gasteiger partial charge in [0.15, 0.2) is 11.5 Å². The smallest absolute Gasteiger partial charge is 0.413 e. The highest BCUT2D eigenvalue weighted by Gasteiger charge is 2.29. The molecule has 1 aliphatic heterocycles. The van der Waals surface area contributed by atoms with Crippen LogP contribution < -0.4 is 14.8 Å². The van der Waals surface area contributed by atoms with Crippen LogP contribution in [-0.2, 0) is 11.3 Å². The van der Waals surface area contributed by atoms with Gasteiger partial charge in [-0.1, -0.05) is 0 Å². The summed E-state index contributed by atoms with van der Waals surface area (Å²) in [6.07, 6.45) is 1.58. The van der Waals surface area contributed by atoms with Gasteiger partial charge in [-0.2, -0.15) is 0 Å². The second kappa shape index (κ2) is 4.46. The molecule has 0 radical (unpaired) electrons. The molecule has 0 unspecified atom stereocenters. The van der Waals surface area contributed by atoms with E-state index in [2.05, 4.69) is 5.32 Å². The molecule has 1 amide bonds. The molecular weight excluding hydrogens is 250 g/mol. The van der Waals surface area contributed by atoms with Crippen LogP contribution in [-0.4, -0.2) is 25.3 Å². The van der Waals surface area contributed by atoms with Crippen LogP contribution in [0.5, 0.6) is 11.5 Å². The van der Waals surface area contributed by atoms with Crippen LogP contribution in [0.1, 0.15) is 28.8 Å². The van der Waals surface area contributed by atoms with E-state index < -0.39 is 12.1 Å². The Bertz CT molecular complexity index is 550. The molecule has 0 saturated heterocycles. The molecule has 19 heavy (non-hydrogen) atoms. The van der Waals surface area contributed by atoms with Gasteiger partial charge >= 0.3 is 12.1 Å². The van der Waals surface area contributed by atoms with Crippen molar-refractivity contribution in [3.63, 3.8) is 0 Å². The second-order valence-electron chi connectivity index (χ2n) is 4.51. The van der Waals surface area contributed by atoms with E-state index in [0.29, 0.717) is 29.2 Å². The lowest BCUT2D eigenvalue weighted by Crippen LogP contribution is -2.31. The van der Waals surface area contributed by atoms with Gasteiger partial charge in [0.1, 0.15) is 0 Å². The highest BCUT2D eigenvalue weighted by molar-refractivity contribution is 5.91. The van der Waals surface area contributed by atoms with Crippen molar-refractivity contribution in [2.24, 2.45) is 0 Å². The van der Waals surface area contributed by atoms with Gasteiger partial charge < -0.3 is 19.5 Å². The van der Waals surface area contributed by atoms with Gasteiger partial charge in [0.25, 0.3) is 0 Å². The number of rotatable bonds is 3. The van der Waals surface area contributed by atoms with Crippen molar-refractivity contribution in [1.82, 2.24) is 5.32 Å². The van der Waals surface area contributed by atoms with Crippen molar-refractivity contribution in [2.45, 2.75) is 25.5 Å². The van der Waals surface area contributed by atoms with E-state index in [1.54, 1.807) is 12.1 Å². The van der Waals surface area contributed by atoms with Gasteiger partial charge in [0.2, 0.25) is 0 Å². The minimum Gasteiger partial charge on any atom is -0.486 e. The highest BCUT2D eigenvalue weighted by Crippen LogP contribution is 2.38. The number of esters is 1. The fraction of sp³-hybridized carbons (Fsp3) is 0.385. The van der Waals surface area contributed by atoms with Crippen molar-refractivity contribution < 1.29 is 23.8 Å². The zero-order chi connectivity index (χ0) is 13.4. The van der Waals surface area contributed by atoms with Gasteiger partial charge in [0, 0.05) is 12.1 Å². The molecule has 6 heteroatoms. The van der Waals surface area contributed by atoms with Gasteiger partial charge in [-0.25, -0.2) is 9.59 Å². The fourth-order valence-corrected chi connectivity index (χ4v) is 1.89. The number of amides is 1.